The summed E-state index contributed by atoms with van der Waals surface area (Å²) in [5, 5.41) is 17.1. The average molecular weight is 443 g/mol. The molecule has 3 N–H and O–H groups in total. The number of allylic oxidation sites excluding steroid dienone is 1. The van der Waals surface area contributed by atoms with Gasteiger partial charge in [-0.3, -0.25) is 14.7 Å². The number of carbonyl (C=O) groups excluding carboxylic acids is 2. The molecular formula is C22H17N7O4. The molecule has 2 aliphatic carbocycles. The lowest BCUT2D eigenvalue weighted by atomic mass is 9.88. The highest BCUT2D eigenvalue weighted by Crippen LogP contribution is 2.43. The number of amides is 1. The number of aromatic amines is 1. The van der Waals surface area contributed by atoms with Gasteiger partial charge < -0.3 is 15.1 Å². The maximum absolute atomic E-state index is 12.6. The van der Waals surface area contributed by atoms with Crippen molar-refractivity contribution in [3.8, 4) is 0 Å². The summed E-state index contributed by atoms with van der Waals surface area (Å²) in [6.45, 7) is 1.95. The zero-order valence-corrected chi connectivity index (χ0v) is 17.3. The summed E-state index contributed by atoms with van der Waals surface area (Å²) >= 11 is 0. The van der Waals surface area contributed by atoms with Crippen molar-refractivity contribution in [1.29, 1.82) is 0 Å². The van der Waals surface area contributed by atoms with Crippen molar-refractivity contribution < 1.29 is 14.0 Å². The number of Topliss-reactive ketones (excluding diaryl/α,β-unsaturated/α-hetero) is 1. The van der Waals surface area contributed by atoms with E-state index in [0.717, 1.165) is 22.3 Å². The quantitative estimate of drug-likeness (QED) is 0.311. The molecule has 3 heterocycles. The first-order valence-electron chi connectivity index (χ1n) is 10.4. The normalized spacial score (nSPS) is 23.5. The van der Waals surface area contributed by atoms with Crippen LogP contribution >= 0.6 is 0 Å². The van der Waals surface area contributed by atoms with Crippen LogP contribution in [-0.2, 0) is 9.59 Å². The highest BCUT2D eigenvalue weighted by atomic mass is 16.3. The molecule has 33 heavy (non-hydrogen) atoms. The van der Waals surface area contributed by atoms with Crippen molar-refractivity contribution in [2.45, 2.75) is 13.0 Å². The molecule has 4 aromatic rings. The number of hydrogen-bond acceptors (Lipinski definition) is 9. The minimum Gasteiger partial charge on any atom is -0.459 e. The summed E-state index contributed by atoms with van der Waals surface area (Å²) in [6, 6.07) is 6.75. The number of nitroso groups, excluding NO2 is 1. The Morgan fingerprint density at radius 2 is 2.00 bits per heavy atom. The van der Waals surface area contributed by atoms with Gasteiger partial charge in [-0.2, -0.15) is 10.1 Å². The number of anilines is 3. The number of nitrogens with one attached hydrogen (secondary N) is 3. The Kier molecular flexibility index (Phi) is 4.12. The van der Waals surface area contributed by atoms with Crippen molar-refractivity contribution in [2.75, 3.05) is 10.6 Å². The Bertz CT molecular complexity index is 1490. The van der Waals surface area contributed by atoms with E-state index in [-0.39, 0.29) is 5.78 Å². The average Bonchev–Trinajstić information content (AvgIpc) is 3.57. The van der Waals surface area contributed by atoms with Crippen molar-refractivity contribution in [1.82, 2.24) is 20.2 Å². The van der Waals surface area contributed by atoms with Gasteiger partial charge in [0.05, 0.1) is 35.6 Å². The molecule has 3 aromatic heterocycles. The molecule has 4 unspecified atom stereocenters. The molecule has 1 saturated carbocycles. The predicted molar refractivity (Wildman–Crippen MR) is 119 cm³/mol. The van der Waals surface area contributed by atoms with Gasteiger partial charge >= 0.3 is 0 Å². The number of furan rings is 1. The number of aryl methyl sites for hydroxylation is 1. The molecule has 0 aliphatic heterocycles. The van der Waals surface area contributed by atoms with Gasteiger partial charge in [0, 0.05) is 28.0 Å². The van der Waals surface area contributed by atoms with E-state index in [1.165, 1.54) is 6.26 Å². The van der Waals surface area contributed by atoms with Crippen LogP contribution in [0.3, 0.4) is 0 Å². The molecule has 2 bridgehead atoms. The van der Waals surface area contributed by atoms with Crippen molar-refractivity contribution in [3.63, 3.8) is 0 Å². The van der Waals surface area contributed by atoms with E-state index in [1.54, 1.807) is 18.2 Å². The van der Waals surface area contributed by atoms with Crippen LogP contribution in [0, 0.1) is 29.6 Å². The molecule has 0 saturated heterocycles. The van der Waals surface area contributed by atoms with Gasteiger partial charge in [0.2, 0.25) is 5.95 Å². The van der Waals surface area contributed by atoms with Crippen LogP contribution in [0.15, 0.2) is 52.3 Å². The van der Waals surface area contributed by atoms with Gasteiger partial charge in [-0.15, -0.1) is 4.91 Å². The number of benzene rings is 1. The predicted octanol–water partition coefficient (Wildman–Crippen LogP) is 3.23. The van der Waals surface area contributed by atoms with E-state index in [1.807, 2.05) is 25.1 Å². The van der Waals surface area contributed by atoms with E-state index in [0.29, 0.717) is 22.9 Å². The smallest absolute Gasteiger partial charge is 0.292 e. The van der Waals surface area contributed by atoms with Crippen molar-refractivity contribution in [2.24, 2.45) is 22.9 Å². The maximum Gasteiger partial charge on any atom is 0.292 e. The number of rotatable bonds is 5. The summed E-state index contributed by atoms with van der Waals surface area (Å²) in [6.07, 6.45) is 4.90. The van der Waals surface area contributed by atoms with Crippen molar-refractivity contribution >= 4 is 51.1 Å². The van der Waals surface area contributed by atoms with Crippen LogP contribution in [-0.4, -0.2) is 37.9 Å². The first-order chi connectivity index (χ1) is 16.0. The second-order valence-corrected chi connectivity index (χ2v) is 8.20. The van der Waals surface area contributed by atoms with Crippen LogP contribution < -0.4 is 10.6 Å². The molecule has 0 spiro atoms. The minimum atomic E-state index is -0.883. The van der Waals surface area contributed by atoms with E-state index < -0.39 is 29.7 Å². The SMILES string of the molecule is Cc1[nH]nc2cc(Nc3nc(NC4C5C=CC(C5=O)C4C(=O)N=O)c4occc4n3)ccc12. The van der Waals surface area contributed by atoms with Gasteiger partial charge in [0.25, 0.3) is 5.91 Å². The molecular weight excluding hydrogens is 426 g/mol. The summed E-state index contributed by atoms with van der Waals surface area (Å²) in [5.74, 6) is -2.46. The molecule has 0 radical (unpaired) electrons. The van der Waals surface area contributed by atoms with Gasteiger partial charge in [-0.25, -0.2) is 4.98 Å². The van der Waals surface area contributed by atoms with Crippen LogP contribution in [0.4, 0.5) is 17.5 Å². The molecule has 6 rings (SSSR count). The van der Waals surface area contributed by atoms with E-state index >= 15 is 0 Å². The fraction of sp³-hybridized carbons (Fsp3) is 0.227. The summed E-state index contributed by atoms with van der Waals surface area (Å²) in [7, 11) is 0. The van der Waals surface area contributed by atoms with Crippen LogP contribution in [0.2, 0.25) is 0 Å². The van der Waals surface area contributed by atoms with Crippen LogP contribution in [0.1, 0.15) is 5.69 Å². The minimum absolute atomic E-state index is 0.111. The summed E-state index contributed by atoms with van der Waals surface area (Å²) < 4.78 is 5.55. The zero-order chi connectivity index (χ0) is 22.7. The zero-order valence-electron chi connectivity index (χ0n) is 17.3. The third-order valence-electron chi connectivity index (χ3n) is 6.33. The van der Waals surface area contributed by atoms with E-state index in [2.05, 4.69) is 36.0 Å². The van der Waals surface area contributed by atoms with Gasteiger partial charge in [0.15, 0.2) is 11.4 Å². The standard InChI is InChI=1S/C22H17N7O4/c1-9-11-3-2-10(8-15(11)28-27-9)23-22-24-14-6-7-33-19(14)20(26-22)25-17-13-5-4-12(18(13)30)16(17)21(31)29-32/h2-8,12-13,16-17H,1H3,(H,27,28)(H2,23,24,25,26). The van der Waals surface area contributed by atoms with Gasteiger partial charge in [0.1, 0.15) is 11.3 Å². The number of hydrogen-bond donors (Lipinski definition) is 3. The lowest BCUT2D eigenvalue weighted by Gasteiger charge is -2.25. The summed E-state index contributed by atoms with van der Waals surface area (Å²) in [4.78, 5) is 44.7. The molecule has 1 fully saturated rings. The molecule has 1 aromatic carbocycles. The molecule has 11 heteroatoms. The number of nitrogens with zero attached hydrogens (tertiary/aromatic N) is 4. The number of ketones is 1. The first kappa shape index (κ1) is 19.3. The molecule has 4 atom stereocenters. The topological polar surface area (TPSA) is 155 Å². The Balaban J connectivity index is 1.36. The Morgan fingerprint density at radius 3 is 2.85 bits per heavy atom. The molecule has 11 nitrogen and oxygen atoms in total. The number of fused-ring (bicyclic) bond motifs is 4. The molecule has 1 amide bonds. The third kappa shape index (κ3) is 2.93. The second kappa shape index (κ2) is 7.05. The van der Waals surface area contributed by atoms with Crippen molar-refractivity contribution in [3.05, 3.63) is 53.3 Å². The largest absolute Gasteiger partial charge is 0.459 e. The lowest BCUT2D eigenvalue weighted by Crippen LogP contribution is -2.37. The number of aromatic nitrogens is 4. The van der Waals surface area contributed by atoms with E-state index in [9.17, 15) is 14.5 Å². The fourth-order valence-electron chi connectivity index (χ4n) is 4.77. The molecule has 164 valence electrons. The first-order valence-corrected chi connectivity index (χ1v) is 10.4. The third-order valence-corrected chi connectivity index (χ3v) is 6.33. The van der Waals surface area contributed by atoms with Crippen LogP contribution in [0.25, 0.3) is 22.0 Å². The number of H-pyrrole nitrogens is 1. The van der Waals surface area contributed by atoms with E-state index in [4.69, 9.17) is 4.42 Å². The summed E-state index contributed by atoms with van der Waals surface area (Å²) in [5.41, 5.74) is 3.42. The highest BCUT2D eigenvalue weighted by molar-refractivity contribution is 6.00. The highest BCUT2D eigenvalue weighted by Gasteiger charge is 2.55. The maximum atomic E-state index is 12.6. The Labute approximate surface area is 185 Å². The fourth-order valence-corrected chi connectivity index (χ4v) is 4.77. The van der Waals surface area contributed by atoms with Gasteiger partial charge in [-0.1, -0.05) is 12.2 Å². The second-order valence-electron chi connectivity index (χ2n) is 8.20. The molecule has 2 aliphatic rings. The monoisotopic (exact) mass is 443 g/mol. The Hall–Kier alpha value is -4.41. The lowest BCUT2D eigenvalue weighted by molar-refractivity contribution is -0.126. The van der Waals surface area contributed by atoms with Gasteiger partial charge in [-0.05, 0) is 25.1 Å². The number of carbonyl (C=O) groups is 2. The van der Waals surface area contributed by atoms with Crippen LogP contribution in [0.5, 0.6) is 0 Å². The Morgan fingerprint density at radius 1 is 1.15 bits per heavy atom.